The highest BCUT2D eigenvalue weighted by atomic mass is 16.6. The standard InChI is InChI=1S/C34H46N4O3/c1-33(2,3)29-24-37(31(27-10-8-7-9-11-27)28-14-12-26(23-35)13-15-28)20-21-38(29)30(39)22-25-16-18-36(19-17-25)32(40)41-34(4,5)6/h7-15,25,29,31H,16-22,24H2,1-6H3/t29-,31?/m1/s1. The number of carbonyl (C=O) groups is 2. The lowest BCUT2D eigenvalue weighted by Gasteiger charge is -2.50. The van der Waals surface area contributed by atoms with Crippen molar-refractivity contribution in [1.29, 1.82) is 5.26 Å². The predicted molar refractivity (Wildman–Crippen MR) is 161 cm³/mol. The van der Waals surface area contributed by atoms with Crippen LogP contribution in [0.4, 0.5) is 4.79 Å². The second kappa shape index (κ2) is 12.7. The van der Waals surface area contributed by atoms with Gasteiger partial charge in [0.05, 0.1) is 17.7 Å². The maximum absolute atomic E-state index is 13.8. The summed E-state index contributed by atoms with van der Waals surface area (Å²) in [6.07, 6.45) is 1.90. The number of ether oxygens (including phenoxy) is 1. The van der Waals surface area contributed by atoms with Crippen LogP contribution in [0, 0.1) is 22.7 Å². The highest BCUT2D eigenvalue weighted by Crippen LogP contribution is 2.36. The lowest BCUT2D eigenvalue weighted by atomic mass is 9.82. The summed E-state index contributed by atoms with van der Waals surface area (Å²) in [5.41, 5.74) is 2.41. The van der Waals surface area contributed by atoms with Crippen molar-refractivity contribution in [1.82, 2.24) is 14.7 Å². The van der Waals surface area contributed by atoms with Crippen molar-refractivity contribution in [2.24, 2.45) is 11.3 Å². The number of rotatable bonds is 5. The Kier molecular flexibility index (Phi) is 9.44. The first-order chi connectivity index (χ1) is 19.4. The smallest absolute Gasteiger partial charge is 0.410 e. The van der Waals surface area contributed by atoms with Gasteiger partial charge < -0.3 is 14.5 Å². The summed E-state index contributed by atoms with van der Waals surface area (Å²) in [5, 5.41) is 9.31. The van der Waals surface area contributed by atoms with Gasteiger partial charge in [-0.15, -0.1) is 0 Å². The molecule has 2 aromatic rings. The predicted octanol–water partition coefficient (Wildman–Crippen LogP) is 6.24. The minimum Gasteiger partial charge on any atom is -0.444 e. The van der Waals surface area contributed by atoms with Gasteiger partial charge in [-0.1, -0.05) is 63.2 Å². The van der Waals surface area contributed by atoms with Gasteiger partial charge in [-0.3, -0.25) is 9.69 Å². The van der Waals surface area contributed by atoms with E-state index in [4.69, 9.17) is 4.74 Å². The first-order valence-electron chi connectivity index (χ1n) is 14.9. The lowest BCUT2D eigenvalue weighted by Crippen LogP contribution is -2.60. The number of piperazine rings is 1. The van der Waals surface area contributed by atoms with E-state index in [1.165, 1.54) is 5.56 Å². The Morgan fingerprint density at radius 1 is 0.902 bits per heavy atom. The molecule has 0 aliphatic carbocycles. The lowest BCUT2D eigenvalue weighted by molar-refractivity contribution is -0.141. The Balaban J connectivity index is 1.46. The van der Waals surface area contributed by atoms with Crippen LogP contribution < -0.4 is 0 Å². The van der Waals surface area contributed by atoms with Gasteiger partial charge in [0.1, 0.15) is 5.60 Å². The molecule has 7 nitrogen and oxygen atoms in total. The average Bonchev–Trinajstić information content (AvgIpc) is 2.93. The van der Waals surface area contributed by atoms with Crippen molar-refractivity contribution in [2.45, 2.75) is 78.5 Å². The van der Waals surface area contributed by atoms with Crippen LogP contribution >= 0.6 is 0 Å². The molecule has 7 heteroatoms. The zero-order valence-corrected chi connectivity index (χ0v) is 25.6. The van der Waals surface area contributed by atoms with Crippen molar-refractivity contribution in [2.75, 3.05) is 32.7 Å². The summed E-state index contributed by atoms with van der Waals surface area (Å²) in [7, 11) is 0. The average molecular weight is 559 g/mol. The highest BCUT2D eigenvalue weighted by molar-refractivity contribution is 5.77. The molecule has 0 aromatic heterocycles. The molecule has 1 unspecified atom stereocenters. The third-order valence-corrected chi connectivity index (χ3v) is 8.30. The first-order valence-corrected chi connectivity index (χ1v) is 14.9. The van der Waals surface area contributed by atoms with Gasteiger partial charge in [-0.2, -0.15) is 5.26 Å². The first kappa shape index (κ1) is 30.6. The Labute approximate surface area is 246 Å². The fourth-order valence-corrected chi connectivity index (χ4v) is 6.08. The van der Waals surface area contributed by atoms with E-state index in [0.29, 0.717) is 31.6 Å². The minimum atomic E-state index is -0.506. The number of piperidine rings is 1. The van der Waals surface area contributed by atoms with Gasteiger partial charge in [0, 0.05) is 45.2 Å². The van der Waals surface area contributed by atoms with Crippen LogP contribution in [-0.2, 0) is 9.53 Å². The molecule has 4 rings (SSSR count). The largest absolute Gasteiger partial charge is 0.444 e. The molecule has 2 atom stereocenters. The molecule has 220 valence electrons. The molecule has 2 aromatic carbocycles. The molecule has 0 radical (unpaired) electrons. The number of hydrogen-bond acceptors (Lipinski definition) is 5. The second-order valence-corrected chi connectivity index (χ2v) is 13.6. The van der Waals surface area contributed by atoms with Crippen LogP contribution in [-0.4, -0.2) is 71.1 Å². The summed E-state index contributed by atoms with van der Waals surface area (Å²) in [5.74, 6) is 0.491. The molecule has 2 fully saturated rings. The summed E-state index contributed by atoms with van der Waals surface area (Å²) >= 11 is 0. The van der Waals surface area contributed by atoms with Crippen molar-refractivity contribution in [3.63, 3.8) is 0 Å². The van der Waals surface area contributed by atoms with Crippen molar-refractivity contribution >= 4 is 12.0 Å². The molecule has 0 spiro atoms. The quantitative estimate of drug-likeness (QED) is 0.434. The van der Waals surface area contributed by atoms with E-state index in [2.05, 4.69) is 73.0 Å². The van der Waals surface area contributed by atoms with Gasteiger partial charge in [0.2, 0.25) is 5.91 Å². The SMILES string of the molecule is CC(C)(C)OC(=O)N1CCC(CC(=O)N2CCN(C(c3ccccc3)c3ccc(C#N)cc3)C[C@@H]2C(C)(C)C)CC1. The summed E-state index contributed by atoms with van der Waals surface area (Å²) < 4.78 is 5.54. The number of benzene rings is 2. The van der Waals surface area contributed by atoms with Gasteiger partial charge in [-0.25, -0.2) is 4.79 Å². The van der Waals surface area contributed by atoms with Crippen LogP contribution in [0.1, 0.15) is 83.5 Å². The van der Waals surface area contributed by atoms with Gasteiger partial charge >= 0.3 is 6.09 Å². The van der Waals surface area contributed by atoms with E-state index in [9.17, 15) is 14.9 Å². The van der Waals surface area contributed by atoms with Gasteiger partial charge in [0.15, 0.2) is 0 Å². The van der Waals surface area contributed by atoms with Crippen molar-refractivity contribution < 1.29 is 14.3 Å². The normalized spacial score (nSPS) is 19.9. The van der Waals surface area contributed by atoms with Crippen molar-refractivity contribution in [3.05, 3.63) is 71.3 Å². The monoisotopic (exact) mass is 558 g/mol. The van der Waals surface area contributed by atoms with E-state index in [0.717, 1.165) is 31.5 Å². The van der Waals surface area contributed by atoms with E-state index in [-0.39, 0.29) is 35.4 Å². The van der Waals surface area contributed by atoms with Crippen LogP contribution in [0.3, 0.4) is 0 Å². The molecule has 2 aliphatic heterocycles. The molecule has 0 bridgehead atoms. The molecule has 41 heavy (non-hydrogen) atoms. The molecule has 2 amide bonds. The Hall–Kier alpha value is -3.37. The second-order valence-electron chi connectivity index (χ2n) is 13.6. The molecule has 0 saturated carbocycles. The van der Waals surface area contributed by atoms with E-state index < -0.39 is 5.60 Å². The fraction of sp³-hybridized carbons (Fsp3) is 0.559. The molecule has 2 heterocycles. The van der Waals surface area contributed by atoms with Gasteiger partial charge in [0.25, 0.3) is 0 Å². The maximum Gasteiger partial charge on any atom is 0.410 e. The van der Waals surface area contributed by atoms with Crippen LogP contribution in [0.2, 0.25) is 0 Å². The Morgan fingerprint density at radius 3 is 2.07 bits per heavy atom. The Morgan fingerprint density at radius 2 is 1.51 bits per heavy atom. The highest BCUT2D eigenvalue weighted by Gasteiger charge is 2.41. The summed E-state index contributed by atoms with van der Waals surface area (Å²) in [6, 6.07) is 20.7. The van der Waals surface area contributed by atoms with E-state index in [1.807, 2.05) is 39.0 Å². The van der Waals surface area contributed by atoms with E-state index in [1.54, 1.807) is 4.90 Å². The number of likely N-dealkylation sites (tertiary alicyclic amines) is 1. The number of nitriles is 1. The molecule has 2 saturated heterocycles. The molecular formula is C34H46N4O3. The number of nitrogens with zero attached hydrogens (tertiary/aromatic N) is 4. The molecule has 0 N–H and O–H groups in total. The zero-order chi connectivity index (χ0) is 29.8. The van der Waals surface area contributed by atoms with Crippen molar-refractivity contribution in [3.8, 4) is 6.07 Å². The summed E-state index contributed by atoms with van der Waals surface area (Å²) in [6.45, 7) is 15.8. The maximum atomic E-state index is 13.8. The third-order valence-electron chi connectivity index (χ3n) is 8.30. The summed E-state index contributed by atoms with van der Waals surface area (Å²) in [4.78, 5) is 32.7. The zero-order valence-electron chi connectivity index (χ0n) is 25.6. The third kappa shape index (κ3) is 7.89. The minimum absolute atomic E-state index is 0.0447. The molecule has 2 aliphatic rings. The topological polar surface area (TPSA) is 76.9 Å². The van der Waals surface area contributed by atoms with Crippen LogP contribution in [0.5, 0.6) is 0 Å². The van der Waals surface area contributed by atoms with Gasteiger partial charge in [-0.05, 0) is 68.2 Å². The number of carbonyl (C=O) groups excluding carboxylic acids is 2. The van der Waals surface area contributed by atoms with E-state index >= 15 is 0 Å². The fourth-order valence-electron chi connectivity index (χ4n) is 6.08. The van der Waals surface area contributed by atoms with Crippen LogP contribution in [0.25, 0.3) is 0 Å². The number of hydrogen-bond donors (Lipinski definition) is 0. The molecular weight excluding hydrogens is 512 g/mol. The van der Waals surface area contributed by atoms with Crippen LogP contribution in [0.15, 0.2) is 54.6 Å². The Bertz CT molecular complexity index is 1220. The number of amides is 2.